The topological polar surface area (TPSA) is 61.7 Å². The van der Waals surface area contributed by atoms with E-state index in [0.717, 1.165) is 5.56 Å². The van der Waals surface area contributed by atoms with Crippen LogP contribution in [-0.2, 0) is 6.54 Å². The summed E-state index contributed by atoms with van der Waals surface area (Å²) in [4.78, 5) is 0. The first-order valence-corrected chi connectivity index (χ1v) is 6.26. The predicted octanol–water partition coefficient (Wildman–Crippen LogP) is 1.45. The SMILES string of the molecule is CC(C)(C)NCc1cc(F)cc(OCC(O)CO)c1. The summed E-state index contributed by atoms with van der Waals surface area (Å²) in [5, 5.41) is 21.1. The summed E-state index contributed by atoms with van der Waals surface area (Å²) in [5.74, 6) is -0.0418. The zero-order chi connectivity index (χ0) is 14.5. The lowest BCUT2D eigenvalue weighted by Crippen LogP contribution is -2.35. The molecule has 1 aromatic carbocycles. The van der Waals surface area contributed by atoms with E-state index in [9.17, 15) is 9.50 Å². The van der Waals surface area contributed by atoms with Crippen LogP contribution in [-0.4, -0.2) is 35.1 Å². The van der Waals surface area contributed by atoms with Crippen LogP contribution in [0.1, 0.15) is 26.3 Å². The molecule has 0 amide bonds. The molecular weight excluding hydrogens is 249 g/mol. The molecule has 3 N–H and O–H groups in total. The number of nitrogens with one attached hydrogen (secondary N) is 1. The lowest BCUT2D eigenvalue weighted by Gasteiger charge is -2.21. The van der Waals surface area contributed by atoms with Gasteiger partial charge in [-0.05, 0) is 38.5 Å². The minimum atomic E-state index is -0.959. The summed E-state index contributed by atoms with van der Waals surface area (Å²) in [7, 11) is 0. The number of ether oxygens (including phenoxy) is 1. The minimum absolute atomic E-state index is 0.0551. The van der Waals surface area contributed by atoms with Gasteiger partial charge in [-0.2, -0.15) is 0 Å². The van der Waals surface area contributed by atoms with Crippen LogP contribution in [0.5, 0.6) is 5.75 Å². The van der Waals surface area contributed by atoms with Gasteiger partial charge in [0, 0.05) is 18.2 Å². The summed E-state index contributed by atoms with van der Waals surface area (Å²) >= 11 is 0. The maximum atomic E-state index is 13.4. The molecule has 4 nitrogen and oxygen atoms in total. The second-order valence-electron chi connectivity index (χ2n) is 5.55. The summed E-state index contributed by atoms with van der Waals surface area (Å²) in [6.07, 6.45) is -0.959. The monoisotopic (exact) mass is 271 g/mol. The molecule has 19 heavy (non-hydrogen) atoms. The summed E-state index contributed by atoms with van der Waals surface area (Å²) in [6.45, 7) is 6.17. The first-order valence-electron chi connectivity index (χ1n) is 6.26. The fraction of sp³-hybridized carbons (Fsp3) is 0.571. The first kappa shape index (κ1) is 15.9. The third-order valence-electron chi connectivity index (χ3n) is 2.41. The van der Waals surface area contributed by atoms with Crippen LogP contribution in [0.25, 0.3) is 0 Å². The number of halogens is 1. The molecule has 0 saturated carbocycles. The van der Waals surface area contributed by atoms with Crippen molar-refractivity contribution >= 4 is 0 Å². The van der Waals surface area contributed by atoms with Gasteiger partial charge >= 0.3 is 0 Å². The number of hydrogen-bond acceptors (Lipinski definition) is 4. The zero-order valence-corrected chi connectivity index (χ0v) is 11.6. The summed E-state index contributed by atoms with van der Waals surface area (Å²) < 4.78 is 18.7. The molecule has 1 atom stereocenters. The van der Waals surface area contributed by atoms with Gasteiger partial charge in [0.2, 0.25) is 0 Å². The van der Waals surface area contributed by atoms with Gasteiger partial charge in [0.15, 0.2) is 0 Å². The number of aliphatic hydroxyl groups is 2. The lowest BCUT2D eigenvalue weighted by atomic mass is 10.1. The van der Waals surface area contributed by atoms with Crippen LogP contribution in [0.3, 0.4) is 0 Å². The molecule has 0 aliphatic rings. The highest BCUT2D eigenvalue weighted by atomic mass is 19.1. The zero-order valence-electron chi connectivity index (χ0n) is 11.6. The van der Waals surface area contributed by atoms with E-state index in [4.69, 9.17) is 9.84 Å². The Kier molecular flexibility index (Phi) is 5.72. The second-order valence-corrected chi connectivity index (χ2v) is 5.55. The van der Waals surface area contributed by atoms with E-state index < -0.39 is 6.10 Å². The largest absolute Gasteiger partial charge is 0.491 e. The number of aliphatic hydroxyl groups excluding tert-OH is 2. The Morgan fingerprint density at radius 3 is 2.58 bits per heavy atom. The molecule has 0 radical (unpaired) electrons. The van der Waals surface area contributed by atoms with Gasteiger partial charge in [-0.15, -0.1) is 0 Å². The van der Waals surface area contributed by atoms with Crippen molar-refractivity contribution in [3.05, 3.63) is 29.6 Å². The molecule has 1 unspecified atom stereocenters. The molecule has 5 heteroatoms. The van der Waals surface area contributed by atoms with Gasteiger partial charge in [-0.3, -0.25) is 0 Å². The third-order valence-corrected chi connectivity index (χ3v) is 2.41. The number of hydrogen-bond donors (Lipinski definition) is 3. The van der Waals surface area contributed by atoms with E-state index in [1.54, 1.807) is 6.07 Å². The highest BCUT2D eigenvalue weighted by molar-refractivity contribution is 5.29. The maximum Gasteiger partial charge on any atom is 0.127 e. The molecule has 0 aliphatic heterocycles. The van der Waals surface area contributed by atoms with Crippen molar-refractivity contribution in [1.82, 2.24) is 5.32 Å². The van der Waals surface area contributed by atoms with Gasteiger partial charge in [0.1, 0.15) is 24.3 Å². The van der Waals surface area contributed by atoms with Crippen LogP contribution in [0.4, 0.5) is 4.39 Å². The second kappa shape index (κ2) is 6.84. The Morgan fingerprint density at radius 1 is 1.32 bits per heavy atom. The molecule has 108 valence electrons. The normalized spacial score (nSPS) is 13.4. The van der Waals surface area contributed by atoms with Gasteiger partial charge in [0.25, 0.3) is 0 Å². The van der Waals surface area contributed by atoms with Gasteiger partial charge < -0.3 is 20.3 Å². The minimum Gasteiger partial charge on any atom is -0.491 e. The lowest BCUT2D eigenvalue weighted by molar-refractivity contribution is 0.0535. The van der Waals surface area contributed by atoms with Gasteiger partial charge in [-0.1, -0.05) is 0 Å². The van der Waals surface area contributed by atoms with Gasteiger partial charge in [0.05, 0.1) is 6.61 Å². The molecule has 1 aromatic rings. The van der Waals surface area contributed by atoms with E-state index in [2.05, 4.69) is 5.32 Å². The Balaban J connectivity index is 2.66. The number of benzene rings is 1. The molecule has 0 saturated heterocycles. The third kappa shape index (κ3) is 6.52. The Bertz CT molecular complexity index is 404. The average molecular weight is 271 g/mol. The Morgan fingerprint density at radius 2 is 2.00 bits per heavy atom. The summed E-state index contributed by atoms with van der Waals surface area (Å²) in [5.41, 5.74) is 0.712. The highest BCUT2D eigenvalue weighted by Crippen LogP contribution is 2.17. The van der Waals surface area contributed by atoms with Crippen LogP contribution in [0.2, 0.25) is 0 Å². The van der Waals surface area contributed by atoms with Crippen molar-refractivity contribution in [2.24, 2.45) is 0 Å². The van der Waals surface area contributed by atoms with E-state index in [0.29, 0.717) is 12.3 Å². The molecule has 0 heterocycles. The quantitative estimate of drug-likeness (QED) is 0.733. The van der Waals surface area contributed by atoms with Crippen LogP contribution in [0.15, 0.2) is 18.2 Å². The number of rotatable bonds is 6. The van der Waals surface area contributed by atoms with E-state index in [1.165, 1.54) is 12.1 Å². The fourth-order valence-corrected chi connectivity index (χ4v) is 1.42. The van der Waals surface area contributed by atoms with Crippen molar-refractivity contribution in [3.8, 4) is 5.75 Å². The smallest absolute Gasteiger partial charge is 0.127 e. The maximum absolute atomic E-state index is 13.4. The van der Waals surface area contributed by atoms with Crippen molar-refractivity contribution in [2.45, 2.75) is 39.0 Å². The van der Waals surface area contributed by atoms with Gasteiger partial charge in [-0.25, -0.2) is 4.39 Å². The van der Waals surface area contributed by atoms with Crippen LogP contribution < -0.4 is 10.1 Å². The molecule has 0 aliphatic carbocycles. The van der Waals surface area contributed by atoms with Crippen molar-refractivity contribution in [1.29, 1.82) is 0 Å². The predicted molar refractivity (Wildman–Crippen MR) is 71.6 cm³/mol. The average Bonchev–Trinajstić information content (AvgIpc) is 2.32. The van der Waals surface area contributed by atoms with E-state index >= 15 is 0 Å². The summed E-state index contributed by atoms with van der Waals surface area (Å²) in [6, 6.07) is 4.41. The van der Waals surface area contributed by atoms with Crippen LogP contribution >= 0.6 is 0 Å². The van der Waals surface area contributed by atoms with E-state index in [-0.39, 0.29) is 24.6 Å². The molecule has 1 rings (SSSR count). The van der Waals surface area contributed by atoms with Crippen molar-refractivity contribution in [2.75, 3.05) is 13.2 Å². The van der Waals surface area contributed by atoms with Crippen molar-refractivity contribution < 1.29 is 19.3 Å². The molecule has 0 bridgehead atoms. The van der Waals surface area contributed by atoms with E-state index in [1.807, 2.05) is 20.8 Å². The molecule has 0 fully saturated rings. The first-order chi connectivity index (χ1) is 8.80. The van der Waals surface area contributed by atoms with Crippen LogP contribution in [0, 0.1) is 5.82 Å². The molecule has 0 spiro atoms. The fourth-order valence-electron chi connectivity index (χ4n) is 1.42. The standard InChI is InChI=1S/C14H22FNO3/c1-14(2,3)16-7-10-4-11(15)6-13(5-10)19-9-12(18)8-17/h4-6,12,16-18H,7-9H2,1-3H3. The Labute approximate surface area is 113 Å². The molecular formula is C14H22FNO3. The van der Waals surface area contributed by atoms with Crippen molar-refractivity contribution in [3.63, 3.8) is 0 Å². The highest BCUT2D eigenvalue weighted by Gasteiger charge is 2.10. The molecule has 0 aromatic heterocycles. The Hall–Kier alpha value is -1.17.